The van der Waals surface area contributed by atoms with E-state index in [1.807, 2.05) is 30.3 Å². The molecule has 6 N–H and O–H groups in total. The van der Waals surface area contributed by atoms with Crippen LogP contribution in [0.4, 0.5) is 4.39 Å². The minimum atomic E-state index is -2.11. The van der Waals surface area contributed by atoms with Gasteiger partial charge in [-0.15, -0.1) is 11.3 Å². The van der Waals surface area contributed by atoms with E-state index in [4.69, 9.17) is 15.9 Å². The fourth-order valence-electron chi connectivity index (χ4n) is 3.76. The first kappa shape index (κ1) is 27.1. The lowest BCUT2D eigenvalue weighted by atomic mass is 10.0. The number of hydrogen-bond acceptors (Lipinski definition) is 7. The predicted molar refractivity (Wildman–Crippen MR) is 132 cm³/mol. The number of amides is 3. The van der Waals surface area contributed by atoms with E-state index in [1.54, 1.807) is 11.4 Å². The molecule has 2 atom stereocenters. The lowest BCUT2D eigenvalue weighted by molar-refractivity contribution is -0.138. The highest BCUT2D eigenvalue weighted by Crippen LogP contribution is 2.31. The van der Waals surface area contributed by atoms with Crippen LogP contribution in [-0.4, -0.2) is 71.6 Å². The van der Waals surface area contributed by atoms with Gasteiger partial charge in [0.05, 0.1) is 32.8 Å². The summed E-state index contributed by atoms with van der Waals surface area (Å²) in [6.45, 7) is -1.22. The number of nitrogens with two attached hydrogens (primary N) is 1. The number of nitrogens with one attached hydrogen (secondary N) is 3. The van der Waals surface area contributed by atoms with Crippen molar-refractivity contribution in [3.05, 3.63) is 52.2 Å². The molecule has 12 heteroatoms. The number of aliphatic hydroxyl groups is 1. The van der Waals surface area contributed by atoms with Gasteiger partial charge in [0, 0.05) is 28.7 Å². The highest BCUT2D eigenvalue weighted by molar-refractivity contribution is 7.10. The quantitative estimate of drug-likeness (QED) is 0.159. The van der Waals surface area contributed by atoms with Gasteiger partial charge in [0.1, 0.15) is 17.6 Å². The molecule has 1 aromatic carbocycles. The van der Waals surface area contributed by atoms with Gasteiger partial charge in [-0.25, -0.2) is 4.39 Å². The van der Waals surface area contributed by atoms with Gasteiger partial charge in [-0.2, -0.15) is 0 Å². The van der Waals surface area contributed by atoms with Crippen LogP contribution in [0.5, 0.6) is 5.75 Å². The average Bonchev–Trinajstić information content (AvgIpc) is 3.50. The number of para-hydroxylation sites is 1. The van der Waals surface area contributed by atoms with Crippen molar-refractivity contribution < 1.29 is 28.6 Å². The fourth-order valence-corrected chi connectivity index (χ4v) is 4.58. The first-order chi connectivity index (χ1) is 17.2. The maximum Gasteiger partial charge on any atom is 0.243 e. The smallest absolute Gasteiger partial charge is 0.243 e. The third-order valence-corrected chi connectivity index (χ3v) is 6.63. The molecular weight excluding hydrogens is 489 g/mol. The molecule has 0 saturated carbocycles. The van der Waals surface area contributed by atoms with Crippen molar-refractivity contribution in [2.24, 2.45) is 5.73 Å². The number of aliphatic hydroxyl groups excluding tert-OH is 1. The van der Waals surface area contributed by atoms with Crippen LogP contribution in [0.3, 0.4) is 0 Å². The van der Waals surface area contributed by atoms with Crippen molar-refractivity contribution in [2.45, 2.75) is 37.5 Å². The first-order valence-electron chi connectivity index (χ1n) is 11.4. The Bertz CT molecular complexity index is 1080. The van der Waals surface area contributed by atoms with Crippen molar-refractivity contribution in [3.8, 4) is 5.75 Å². The molecule has 1 aromatic heterocycles. The summed E-state index contributed by atoms with van der Waals surface area (Å²) in [6, 6.07) is 9.71. The van der Waals surface area contributed by atoms with Crippen LogP contribution in [0.25, 0.3) is 0 Å². The predicted octanol–water partition coefficient (Wildman–Crippen LogP) is 0.925. The molecule has 10 nitrogen and oxygen atoms in total. The number of hydrogen-bond donors (Lipinski definition) is 5. The first-order valence-corrected chi connectivity index (χ1v) is 12.3. The van der Waals surface area contributed by atoms with E-state index in [0.29, 0.717) is 24.3 Å². The maximum atomic E-state index is 14.9. The molecule has 1 aliphatic heterocycles. The molecule has 0 spiro atoms. The van der Waals surface area contributed by atoms with Gasteiger partial charge in [-0.3, -0.25) is 19.8 Å². The van der Waals surface area contributed by atoms with E-state index in [-0.39, 0.29) is 31.1 Å². The second kappa shape index (κ2) is 12.5. The molecule has 1 aliphatic rings. The molecule has 1 fully saturated rings. The Morgan fingerprint density at radius 1 is 1.28 bits per heavy atom. The Labute approximate surface area is 212 Å². The standard InChI is InChI=1S/C24H30FN5O5S/c25-24(15-31)10-19(23(34)29-11-18-9-16(13-36-18)22(26)27)30(14-24)21(33)12-28-20(32)7-4-8-35-17-5-2-1-3-6-17/h1-3,5-6,9,13,19,31H,4,7-8,10-12,14-15H2,(H3,26,27)(H,28,32)(H,29,34)/t19-,24+/m0/s1. The molecule has 0 radical (unpaired) electrons. The largest absolute Gasteiger partial charge is 0.494 e. The van der Waals surface area contributed by atoms with Gasteiger partial charge in [0.2, 0.25) is 17.7 Å². The third-order valence-electron chi connectivity index (χ3n) is 5.69. The van der Waals surface area contributed by atoms with Crippen LogP contribution in [-0.2, 0) is 20.9 Å². The van der Waals surface area contributed by atoms with Gasteiger partial charge in [0.15, 0.2) is 5.67 Å². The SMILES string of the molecule is N=C(N)c1csc(CNC(=O)[C@@H]2C[C@](F)(CO)CN2C(=O)CNC(=O)CCCOc2ccccc2)c1. The summed E-state index contributed by atoms with van der Waals surface area (Å²) in [7, 11) is 0. The molecule has 0 bridgehead atoms. The van der Waals surface area contributed by atoms with Crippen LogP contribution in [0.2, 0.25) is 0 Å². The summed E-state index contributed by atoms with van der Waals surface area (Å²) in [6.07, 6.45) is 0.224. The van der Waals surface area contributed by atoms with Gasteiger partial charge in [-0.05, 0) is 24.6 Å². The number of amidine groups is 1. The third kappa shape index (κ3) is 7.49. The number of nitrogens with zero attached hydrogens (tertiary/aromatic N) is 1. The average molecular weight is 520 g/mol. The molecule has 0 aliphatic carbocycles. The number of ether oxygens (including phenoxy) is 1. The van der Waals surface area contributed by atoms with E-state index < -0.39 is 43.2 Å². The summed E-state index contributed by atoms with van der Waals surface area (Å²) >= 11 is 1.31. The molecule has 2 heterocycles. The number of carbonyl (C=O) groups is 3. The zero-order valence-electron chi connectivity index (χ0n) is 19.7. The van der Waals surface area contributed by atoms with Gasteiger partial charge in [0.25, 0.3) is 0 Å². The molecule has 3 amide bonds. The lowest BCUT2D eigenvalue weighted by Gasteiger charge is -2.24. The summed E-state index contributed by atoms with van der Waals surface area (Å²) in [4.78, 5) is 39.5. The van der Waals surface area contributed by atoms with E-state index in [9.17, 15) is 23.9 Å². The summed E-state index contributed by atoms with van der Waals surface area (Å²) < 4.78 is 20.4. The van der Waals surface area contributed by atoms with E-state index in [0.717, 1.165) is 9.78 Å². The number of carbonyl (C=O) groups excluding carboxylic acids is 3. The lowest BCUT2D eigenvalue weighted by Crippen LogP contribution is -2.49. The summed E-state index contributed by atoms with van der Waals surface area (Å²) in [5.74, 6) is -0.950. The minimum absolute atomic E-state index is 0.0904. The van der Waals surface area contributed by atoms with Gasteiger partial charge < -0.3 is 31.1 Å². The topological polar surface area (TPSA) is 158 Å². The zero-order valence-corrected chi connectivity index (χ0v) is 20.5. The number of halogens is 1. The molecule has 1 saturated heterocycles. The zero-order chi connectivity index (χ0) is 26.1. The van der Waals surface area contributed by atoms with Gasteiger partial charge in [-0.1, -0.05) is 18.2 Å². The number of rotatable bonds is 12. The molecule has 2 aromatic rings. The monoisotopic (exact) mass is 519 g/mol. The Kier molecular flexibility index (Phi) is 9.37. The summed E-state index contributed by atoms with van der Waals surface area (Å²) in [5, 5.41) is 23.8. The number of alkyl halides is 1. The van der Waals surface area contributed by atoms with E-state index in [1.165, 1.54) is 11.3 Å². The number of thiophene rings is 1. The van der Waals surface area contributed by atoms with Crippen molar-refractivity contribution in [2.75, 3.05) is 26.3 Å². The molecular formula is C24H30FN5O5S. The van der Waals surface area contributed by atoms with E-state index in [2.05, 4.69) is 10.6 Å². The van der Waals surface area contributed by atoms with Crippen LogP contribution in [0, 0.1) is 5.41 Å². The van der Waals surface area contributed by atoms with Crippen LogP contribution in [0.15, 0.2) is 41.8 Å². The Morgan fingerprint density at radius 2 is 2.03 bits per heavy atom. The second-order valence-electron chi connectivity index (χ2n) is 8.53. The Morgan fingerprint density at radius 3 is 2.69 bits per heavy atom. The molecule has 0 unspecified atom stereocenters. The van der Waals surface area contributed by atoms with Crippen molar-refractivity contribution in [3.63, 3.8) is 0 Å². The highest BCUT2D eigenvalue weighted by Gasteiger charge is 2.49. The maximum absolute atomic E-state index is 14.9. The van der Waals surface area contributed by atoms with E-state index >= 15 is 0 Å². The molecule has 194 valence electrons. The molecule has 36 heavy (non-hydrogen) atoms. The second-order valence-corrected chi connectivity index (χ2v) is 9.52. The Hall–Kier alpha value is -3.51. The van der Waals surface area contributed by atoms with Crippen molar-refractivity contribution in [1.82, 2.24) is 15.5 Å². The number of nitrogen functional groups attached to an aromatic ring is 1. The number of benzene rings is 1. The van der Waals surface area contributed by atoms with Crippen molar-refractivity contribution in [1.29, 1.82) is 5.41 Å². The summed E-state index contributed by atoms with van der Waals surface area (Å²) in [5.41, 5.74) is 3.87. The van der Waals surface area contributed by atoms with Crippen LogP contribution >= 0.6 is 11.3 Å². The minimum Gasteiger partial charge on any atom is -0.494 e. The fraction of sp³-hybridized carbons (Fsp3) is 0.417. The normalized spacial score (nSPS) is 19.1. The number of likely N-dealkylation sites (tertiary alicyclic amines) is 1. The van der Waals surface area contributed by atoms with Crippen LogP contribution < -0.4 is 21.1 Å². The van der Waals surface area contributed by atoms with Crippen LogP contribution in [0.1, 0.15) is 29.7 Å². The van der Waals surface area contributed by atoms with Gasteiger partial charge >= 0.3 is 0 Å². The highest BCUT2D eigenvalue weighted by atomic mass is 32.1. The van der Waals surface area contributed by atoms with Crippen molar-refractivity contribution >= 4 is 34.9 Å². The Balaban J connectivity index is 1.48. The molecule has 3 rings (SSSR count).